The Morgan fingerprint density at radius 3 is 2.53 bits per heavy atom. The van der Waals surface area contributed by atoms with Gasteiger partial charge >= 0.3 is 5.97 Å². The molecule has 0 aliphatic heterocycles. The van der Waals surface area contributed by atoms with E-state index in [4.69, 9.17) is 15.6 Å². The number of nitrogens with two attached hydrogens (primary N) is 1. The molecule has 10 rings (SSSR count). The normalized spacial score (nSPS) is 26.1. The molecule has 4 aromatic heterocycles. The van der Waals surface area contributed by atoms with Gasteiger partial charge in [0.1, 0.15) is 0 Å². The second kappa shape index (κ2) is 12.1. The zero-order valence-electron chi connectivity index (χ0n) is 30.2. The number of carbonyl (C=O) groups is 2. The minimum absolute atomic E-state index is 0.0401. The van der Waals surface area contributed by atoms with Crippen molar-refractivity contribution in [1.29, 1.82) is 0 Å². The van der Waals surface area contributed by atoms with Crippen molar-refractivity contribution in [2.24, 2.45) is 22.0 Å². The molecule has 4 saturated carbocycles. The number of H-pyrrole nitrogens is 1. The third-order valence-electron chi connectivity index (χ3n) is 11.8. The van der Waals surface area contributed by atoms with Crippen molar-refractivity contribution in [3.05, 3.63) is 83.8 Å². The summed E-state index contributed by atoms with van der Waals surface area (Å²) in [5, 5.41) is 19.6. The van der Waals surface area contributed by atoms with E-state index < -0.39 is 5.97 Å². The van der Waals surface area contributed by atoms with Crippen molar-refractivity contribution in [3.8, 4) is 22.5 Å². The molecule has 4 aliphatic rings. The number of aromatic nitrogens is 5. The monoisotopic (exact) mass is 729 g/mol. The number of aromatic carboxylic acids is 1. The number of pyridine rings is 1. The van der Waals surface area contributed by atoms with Crippen molar-refractivity contribution in [3.63, 3.8) is 0 Å². The van der Waals surface area contributed by atoms with Crippen LogP contribution in [-0.4, -0.2) is 60.5 Å². The van der Waals surface area contributed by atoms with E-state index in [1.54, 1.807) is 12.3 Å². The maximum Gasteiger partial charge on any atom is 0.355 e. The van der Waals surface area contributed by atoms with Crippen molar-refractivity contribution in [2.45, 2.75) is 71.4 Å². The maximum atomic E-state index is 13.4. The molecule has 2 aromatic carbocycles. The first kappa shape index (κ1) is 33.9. The highest BCUT2D eigenvalue weighted by Crippen LogP contribution is 2.72. The fraction of sp³-hybridized carbons (Fsp3) is 0.390. The van der Waals surface area contributed by atoms with Crippen LogP contribution in [0.15, 0.2) is 66.9 Å². The molecule has 4 fully saturated rings. The number of carbonyl (C=O) groups excluding carboxylic acids is 1. The number of benzene rings is 2. The van der Waals surface area contributed by atoms with Crippen LogP contribution in [0.5, 0.6) is 0 Å². The highest BCUT2D eigenvalue weighted by Gasteiger charge is 2.66. The molecule has 5 N–H and O–H groups in total. The van der Waals surface area contributed by atoms with Gasteiger partial charge in [0.25, 0.3) is 5.91 Å². The lowest BCUT2D eigenvalue weighted by atomic mass is 9.39. The number of aromatic amines is 1. The average Bonchev–Trinajstić information content (AvgIpc) is 3.81. The average molecular weight is 730 g/mol. The molecule has 0 radical (unpaired) electrons. The summed E-state index contributed by atoms with van der Waals surface area (Å²) in [5.74, 6) is -1.41. The van der Waals surface area contributed by atoms with Crippen LogP contribution in [0, 0.1) is 23.2 Å². The first-order valence-corrected chi connectivity index (χ1v) is 19.1. The van der Waals surface area contributed by atoms with Crippen LogP contribution in [0.3, 0.4) is 0 Å². The van der Waals surface area contributed by atoms with Crippen LogP contribution in [0.25, 0.3) is 43.6 Å². The second-order valence-corrected chi connectivity index (χ2v) is 17.6. The molecule has 11 nitrogen and oxygen atoms in total. The van der Waals surface area contributed by atoms with Crippen LogP contribution >= 0.6 is 11.3 Å². The minimum atomic E-state index is -1.12. The quantitative estimate of drug-likeness (QED) is 0.110. The van der Waals surface area contributed by atoms with Gasteiger partial charge in [-0.3, -0.25) is 14.8 Å². The van der Waals surface area contributed by atoms with Crippen LogP contribution in [0.1, 0.15) is 78.9 Å². The first-order valence-electron chi connectivity index (χ1n) is 18.3. The SMILES string of the molecule is Cc1c(-c2ccc(-c3cc4cccc(C(=O)Nc5nc6ccccc6s5)c4[nH]3)nc2C(=O)O)cnn1CC12CC3(C)CC(C)(C1)CC(OCCN)(C3)C2. The van der Waals surface area contributed by atoms with Gasteiger partial charge in [0.2, 0.25) is 0 Å². The Balaban J connectivity index is 1.00. The third kappa shape index (κ3) is 5.84. The summed E-state index contributed by atoms with van der Waals surface area (Å²) >= 11 is 1.42. The summed E-state index contributed by atoms with van der Waals surface area (Å²) in [6.07, 6.45) is 8.41. The summed E-state index contributed by atoms with van der Waals surface area (Å²) < 4.78 is 9.66. The van der Waals surface area contributed by atoms with Crippen LogP contribution < -0.4 is 11.1 Å². The van der Waals surface area contributed by atoms with E-state index in [9.17, 15) is 14.7 Å². The van der Waals surface area contributed by atoms with Crippen molar-refractivity contribution < 1.29 is 19.4 Å². The zero-order valence-corrected chi connectivity index (χ0v) is 31.0. The number of carboxylic acid groups (broad SMARTS) is 1. The molecule has 0 saturated heterocycles. The number of para-hydroxylation sites is 2. The molecular weight excluding hydrogens is 687 g/mol. The van der Waals surface area contributed by atoms with Gasteiger partial charge in [-0.25, -0.2) is 14.8 Å². The van der Waals surface area contributed by atoms with E-state index in [2.05, 4.69) is 38.8 Å². The predicted octanol–water partition coefficient (Wildman–Crippen LogP) is 8.06. The highest BCUT2D eigenvalue weighted by molar-refractivity contribution is 7.22. The largest absolute Gasteiger partial charge is 0.476 e. The van der Waals surface area contributed by atoms with Crippen molar-refractivity contribution in [1.82, 2.24) is 24.7 Å². The summed E-state index contributed by atoms with van der Waals surface area (Å²) in [7, 11) is 0. The molecule has 4 heterocycles. The molecule has 2 unspecified atom stereocenters. The fourth-order valence-corrected chi connectivity index (χ4v) is 12.0. The Hall–Kier alpha value is -4.91. The van der Waals surface area contributed by atoms with E-state index >= 15 is 0 Å². The molecule has 2 atom stereocenters. The number of thiazole rings is 1. The number of amides is 1. The highest BCUT2D eigenvalue weighted by atomic mass is 32.1. The predicted molar refractivity (Wildman–Crippen MR) is 206 cm³/mol. The molecule has 0 spiro atoms. The zero-order chi connectivity index (χ0) is 36.8. The lowest BCUT2D eigenvalue weighted by molar-refractivity contribution is -0.247. The van der Waals surface area contributed by atoms with E-state index in [-0.39, 0.29) is 33.4 Å². The number of hydrogen-bond donors (Lipinski definition) is 4. The molecule has 4 aliphatic carbocycles. The number of carboxylic acids is 1. The van der Waals surface area contributed by atoms with Crippen molar-refractivity contribution >= 4 is 49.5 Å². The molecule has 6 aromatic rings. The van der Waals surface area contributed by atoms with Gasteiger partial charge < -0.3 is 20.6 Å². The number of nitrogens with zero attached hydrogens (tertiary/aromatic N) is 4. The molecule has 53 heavy (non-hydrogen) atoms. The summed E-state index contributed by atoms with van der Waals surface area (Å²) in [6, 6.07) is 18.7. The van der Waals surface area contributed by atoms with E-state index in [0.717, 1.165) is 65.5 Å². The summed E-state index contributed by atoms with van der Waals surface area (Å²) in [6.45, 7) is 8.74. The van der Waals surface area contributed by atoms with E-state index in [0.29, 0.717) is 46.3 Å². The van der Waals surface area contributed by atoms with E-state index in [1.165, 1.54) is 17.8 Å². The first-order chi connectivity index (χ1) is 25.4. The number of anilines is 1. The van der Waals surface area contributed by atoms with E-state index in [1.807, 2.05) is 61.5 Å². The Kier molecular flexibility index (Phi) is 7.71. The fourth-order valence-electron chi connectivity index (χ4n) is 11.2. The standard InChI is InChI=1S/C41H43N7O4S/c1-24-28(16-43-48(24)23-40-18-38(2)17-39(3,19-40)21-41(20-38,22-40)52-14-13-42)26-11-12-29(44-34(26)36(50)51)31-15-25-7-6-8-27(33(25)45-31)35(49)47-37-46-30-9-4-5-10-32(30)53-37/h4-12,15-16,45H,13-14,17-23,42H2,1-3H3,(H,50,51)(H,46,47,49). The third-order valence-corrected chi connectivity index (χ3v) is 12.8. The minimum Gasteiger partial charge on any atom is -0.476 e. The number of rotatable bonds is 10. The van der Waals surface area contributed by atoms with Crippen LogP contribution in [0.4, 0.5) is 5.13 Å². The second-order valence-electron chi connectivity index (χ2n) is 16.6. The van der Waals surface area contributed by atoms with Crippen LogP contribution in [0.2, 0.25) is 0 Å². The van der Waals surface area contributed by atoms with Gasteiger partial charge in [-0.2, -0.15) is 5.10 Å². The number of fused-ring (bicyclic) bond motifs is 2. The Morgan fingerprint density at radius 2 is 1.77 bits per heavy atom. The number of hydrogen-bond acceptors (Lipinski definition) is 8. The molecule has 272 valence electrons. The number of nitrogens with one attached hydrogen (secondary N) is 2. The van der Waals surface area contributed by atoms with Gasteiger partial charge in [-0.1, -0.05) is 49.4 Å². The van der Waals surface area contributed by atoms with Gasteiger partial charge in [0.05, 0.1) is 51.1 Å². The lowest BCUT2D eigenvalue weighted by Gasteiger charge is -2.69. The topological polar surface area (TPSA) is 161 Å². The Labute approximate surface area is 311 Å². The molecule has 1 amide bonds. The number of ether oxygens (including phenoxy) is 1. The van der Waals surface area contributed by atoms with Crippen molar-refractivity contribution in [2.75, 3.05) is 18.5 Å². The maximum absolute atomic E-state index is 13.4. The summed E-state index contributed by atoms with van der Waals surface area (Å²) in [5.41, 5.74) is 11.3. The van der Waals surface area contributed by atoms with Gasteiger partial charge in [0.15, 0.2) is 10.8 Å². The Morgan fingerprint density at radius 1 is 0.981 bits per heavy atom. The molecular formula is C41H43N7O4S. The Bertz CT molecular complexity index is 2390. The molecule has 4 bridgehead atoms. The lowest BCUT2D eigenvalue weighted by Crippen LogP contribution is -2.64. The van der Waals surface area contributed by atoms with Gasteiger partial charge in [-0.15, -0.1) is 0 Å². The van der Waals surface area contributed by atoms with Crippen LogP contribution in [-0.2, 0) is 11.3 Å². The van der Waals surface area contributed by atoms with Gasteiger partial charge in [0, 0.05) is 35.3 Å². The smallest absolute Gasteiger partial charge is 0.355 e. The van der Waals surface area contributed by atoms with Gasteiger partial charge in [-0.05, 0) is 98.1 Å². The summed E-state index contributed by atoms with van der Waals surface area (Å²) in [4.78, 5) is 38.8. The molecule has 12 heteroatoms.